The number of nitrogens with two attached hydrogens (primary N) is 1. The van der Waals surface area contributed by atoms with Crippen molar-refractivity contribution in [2.45, 2.75) is 25.8 Å². The molecule has 2 rings (SSSR count). The zero-order valence-corrected chi connectivity index (χ0v) is 12.8. The van der Waals surface area contributed by atoms with Crippen molar-refractivity contribution in [3.05, 3.63) is 41.8 Å². The Morgan fingerprint density at radius 2 is 2.09 bits per heavy atom. The first-order valence-electron chi connectivity index (χ1n) is 7.27. The number of carbonyl (C=O) groups excluding carboxylic acids is 1. The number of nitrogens with zero attached hydrogens (tertiary/aromatic N) is 2. The molecule has 0 bridgehead atoms. The molecule has 118 valence electrons. The molecule has 1 heterocycles. The van der Waals surface area contributed by atoms with Crippen LogP contribution in [0.1, 0.15) is 19.0 Å². The monoisotopic (exact) mass is 304 g/mol. The molecule has 22 heavy (non-hydrogen) atoms. The van der Waals surface area contributed by atoms with E-state index in [1.807, 2.05) is 18.0 Å². The van der Waals surface area contributed by atoms with Gasteiger partial charge in [-0.2, -0.15) is 5.10 Å². The molecule has 0 spiro atoms. The lowest BCUT2D eigenvalue weighted by Crippen LogP contribution is -2.40. The van der Waals surface area contributed by atoms with E-state index in [2.05, 4.69) is 10.2 Å². The summed E-state index contributed by atoms with van der Waals surface area (Å²) < 4.78 is 12.9. The van der Waals surface area contributed by atoms with Gasteiger partial charge in [-0.15, -0.1) is 0 Å². The topological polar surface area (TPSA) is 75.0 Å². The lowest BCUT2D eigenvalue weighted by molar-refractivity contribution is -0.122. The predicted octanol–water partition coefficient (Wildman–Crippen LogP) is 1.95. The van der Waals surface area contributed by atoms with E-state index in [0.29, 0.717) is 0 Å². The highest BCUT2D eigenvalue weighted by atomic mass is 19.1. The molecule has 1 amide bonds. The van der Waals surface area contributed by atoms with Gasteiger partial charge in [0.25, 0.3) is 0 Å². The first-order valence-corrected chi connectivity index (χ1v) is 7.27. The molecule has 0 aliphatic carbocycles. The number of rotatable bonds is 7. The Labute approximate surface area is 129 Å². The van der Waals surface area contributed by atoms with Crippen LogP contribution in [0.2, 0.25) is 0 Å². The largest absolute Gasteiger partial charge is 0.368 e. The third kappa shape index (κ3) is 4.14. The molecule has 0 fully saturated rings. The Hall–Kier alpha value is -2.21. The summed E-state index contributed by atoms with van der Waals surface area (Å²) in [7, 11) is 1.88. The molecule has 0 saturated carbocycles. The highest BCUT2D eigenvalue weighted by Gasteiger charge is 2.14. The minimum absolute atomic E-state index is 0.258. The highest BCUT2D eigenvalue weighted by molar-refractivity contribution is 5.79. The van der Waals surface area contributed by atoms with Crippen LogP contribution in [-0.2, 0) is 11.2 Å². The van der Waals surface area contributed by atoms with Gasteiger partial charge in [0, 0.05) is 11.3 Å². The van der Waals surface area contributed by atoms with Gasteiger partial charge in [-0.05, 0) is 63.7 Å². The van der Waals surface area contributed by atoms with Crippen LogP contribution in [0.4, 0.5) is 4.39 Å². The standard InChI is InChI=1S/C16H21FN4O/c1-11(16(18)22)21(2)9-3-4-14-10-15(20-19-14)12-5-7-13(17)8-6-12/h5-8,10-11H,3-4,9H2,1-2H3,(H2,18,22)(H,19,20)/t11-/m1/s1. The molecular weight excluding hydrogens is 283 g/mol. The number of likely N-dealkylation sites (N-methyl/N-ethyl adjacent to an activating group) is 1. The summed E-state index contributed by atoms with van der Waals surface area (Å²) in [6.07, 6.45) is 1.71. The van der Waals surface area contributed by atoms with Gasteiger partial charge in [-0.25, -0.2) is 4.39 Å². The maximum absolute atomic E-state index is 12.9. The van der Waals surface area contributed by atoms with Crippen molar-refractivity contribution in [1.29, 1.82) is 0 Å². The molecule has 1 aromatic carbocycles. The number of H-pyrrole nitrogens is 1. The molecule has 0 aliphatic rings. The number of hydrogen-bond donors (Lipinski definition) is 2. The van der Waals surface area contributed by atoms with Gasteiger partial charge in [0.1, 0.15) is 5.82 Å². The van der Waals surface area contributed by atoms with Gasteiger partial charge >= 0.3 is 0 Å². The molecular formula is C16H21FN4O. The van der Waals surface area contributed by atoms with E-state index in [0.717, 1.165) is 36.3 Å². The highest BCUT2D eigenvalue weighted by Crippen LogP contribution is 2.18. The van der Waals surface area contributed by atoms with Crippen molar-refractivity contribution in [2.24, 2.45) is 5.73 Å². The van der Waals surface area contributed by atoms with Gasteiger partial charge in [0.2, 0.25) is 5.91 Å². The van der Waals surface area contributed by atoms with Crippen LogP contribution in [0.5, 0.6) is 0 Å². The first-order chi connectivity index (χ1) is 10.5. The summed E-state index contributed by atoms with van der Waals surface area (Å²) in [5.41, 5.74) is 7.97. The summed E-state index contributed by atoms with van der Waals surface area (Å²) in [6, 6.07) is 7.95. The molecule has 3 N–H and O–H groups in total. The molecule has 2 aromatic rings. The van der Waals surface area contributed by atoms with E-state index in [-0.39, 0.29) is 17.8 Å². The minimum atomic E-state index is -0.317. The van der Waals surface area contributed by atoms with Gasteiger partial charge in [0.05, 0.1) is 11.7 Å². The zero-order chi connectivity index (χ0) is 16.1. The second-order valence-electron chi connectivity index (χ2n) is 5.45. The fourth-order valence-electron chi connectivity index (χ4n) is 2.19. The number of primary amides is 1. The molecule has 0 saturated heterocycles. The van der Waals surface area contributed by atoms with E-state index in [9.17, 15) is 9.18 Å². The van der Waals surface area contributed by atoms with Crippen LogP contribution in [0.3, 0.4) is 0 Å². The summed E-state index contributed by atoms with van der Waals surface area (Å²) in [6.45, 7) is 2.57. The molecule has 5 nitrogen and oxygen atoms in total. The first kappa shape index (κ1) is 16.2. The minimum Gasteiger partial charge on any atom is -0.368 e. The Morgan fingerprint density at radius 1 is 1.41 bits per heavy atom. The average molecular weight is 304 g/mol. The van der Waals surface area contributed by atoms with Crippen molar-refractivity contribution in [3.63, 3.8) is 0 Å². The van der Waals surface area contributed by atoms with Crippen molar-refractivity contribution < 1.29 is 9.18 Å². The van der Waals surface area contributed by atoms with Gasteiger partial charge in [-0.3, -0.25) is 14.8 Å². The fourth-order valence-corrected chi connectivity index (χ4v) is 2.19. The quantitative estimate of drug-likeness (QED) is 0.821. The van der Waals surface area contributed by atoms with Crippen molar-refractivity contribution >= 4 is 5.91 Å². The van der Waals surface area contributed by atoms with E-state index in [4.69, 9.17) is 5.73 Å². The SMILES string of the molecule is C[C@H](C(N)=O)N(C)CCCc1cc(-c2ccc(F)cc2)n[nH]1. The van der Waals surface area contributed by atoms with E-state index < -0.39 is 0 Å². The Balaban J connectivity index is 1.87. The van der Waals surface area contributed by atoms with Gasteiger partial charge in [0.15, 0.2) is 0 Å². The number of amides is 1. The predicted molar refractivity (Wildman–Crippen MR) is 83.6 cm³/mol. The Morgan fingerprint density at radius 3 is 2.73 bits per heavy atom. The molecule has 1 aromatic heterocycles. The van der Waals surface area contributed by atoms with Crippen LogP contribution in [0.15, 0.2) is 30.3 Å². The van der Waals surface area contributed by atoms with Crippen LogP contribution in [0, 0.1) is 5.82 Å². The molecule has 0 radical (unpaired) electrons. The van der Waals surface area contributed by atoms with Gasteiger partial charge in [-0.1, -0.05) is 0 Å². The zero-order valence-electron chi connectivity index (χ0n) is 12.8. The third-order valence-electron chi connectivity index (χ3n) is 3.80. The second kappa shape index (κ2) is 7.17. The van der Waals surface area contributed by atoms with E-state index in [1.165, 1.54) is 12.1 Å². The lowest BCUT2D eigenvalue weighted by Gasteiger charge is -2.21. The lowest BCUT2D eigenvalue weighted by atomic mass is 10.1. The van der Waals surface area contributed by atoms with Gasteiger partial charge < -0.3 is 5.73 Å². The molecule has 6 heteroatoms. The number of halogens is 1. The number of nitrogens with one attached hydrogen (secondary N) is 1. The second-order valence-corrected chi connectivity index (χ2v) is 5.45. The van der Waals surface area contributed by atoms with Crippen LogP contribution in [0.25, 0.3) is 11.3 Å². The number of benzene rings is 1. The summed E-state index contributed by atoms with van der Waals surface area (Å²) >= 11 is 0. The van der Waals surface area contributed by atoms with Crippen LogP contribution < -0.4 is 5.73 Å². The van der Waals surface area contributed by atoms with Crippen molar-refractivity contribution in [1.82, 2.24) is 15.1 Å². The number of hydrogen-bond acceptors (Lipinski definition) is 3. The van der Waals surface area contributed by atoms with E-state index >= 15 is 0 Å². The van der Waals surface area contributed by atoms with Crippen LogP contribution >= 0.6 is 0 Å². The molecule has 1 atom stereocenters. The molecule has 0 aliphatic heterocycles. The summed E-state index contributed by atoms with van der Waals surface area (Å²) in [5, 5.41) is 7.23. The number of carbonyl (C=O) groups is 1. The number of aromatic nitrogens is 2. The maximum Gasteiger partial charge on any atom is 0.234 e. The number of aromatic amines is 1. The van der Waals surface area contributed by atoms with Crippen molar-refractivity contribution in [3.8, 4) is 11.3 Å². The Bertz CT molecular complexity index is 623. The van der Waals surface area contributed by atoms with E-state index in [1.54, 1.807) is 19.1 Å². The van der Waals surface area contributed by atoms with Crippen molar-refractivity contribution in [2.75, 3.05) is 13.6 Å². The maximum atomic E-state index is 12.9. The number of aryl methyl sites for hydroxylation is 1. The normalized spacial score (nSPS) is 12.5. The Kier molecular flexibility index (Phi) is 5.27. The smallest absolute Gasteiger partial charge is 0.234 e. The summed E-state index contributed by atoms with van der Waals surface area (Å²) in [4.78, 5) is 13.0. The molecule has 0 unspecified atom stereocenters. The summed E-state index contributed by atoms with van der Waals surface area (Å²) in [5.74, 6) is -0.575. The average Bonchev–Trinajstić information content (AvgIpc) is 2.95. The third-order valence-corrected chi connectivity index (χ3v) is 3.80. The van der Waals surface area contributed by atoms with Crippen LogP contribution in [-0.4, -0.2) is 40.6 Å². The fraction of sp³-hybridized carbons (Fsp3) is 0.375.